The van der Waals surface area contributed by atoms with E-state index in [1.54, 1.807) is 4.72 Å². The van der Waals surface area contributed by atoms with Crippen molar-refractivity contribution in [3.8, 4) is 11.8 Å². The number of fused-ring (bicyclic) bond motifs is 1. The molecule has 1 unspecified atom stereocenters. The molecular formula is C30H54N4O10SSi. The van der Waals surface area contributed by atoms with Crippen LogP contribution in [0.5, 0.6) is 0 Å². The summed E-state index contributed by atoms with van der Waals surface area (Å²) in [5.41, 5.74) is 0. The monoisotopic (exact) mass is 690 g/mol. The first kappa shape index (κ1) is 39.8. The molecule has 0 saturated heterocycles. The van der Waals surface area contributed by atoms with E-state index in [9.17, 15) is 27.6 Å². The van der Waals surface area contributed by atoms with Crippen LogP contribution in [0.4, 0.5) is 9.59 Å². The van der Waals surface area contributed by atoms with Gasteiger partial charge >= 0.3 is 22.4 Å². The minimum atomic E-state index is -4.19. The lowest BCUT2D eigenvalue weighted by atomic mass is 10.0. The lowest BCUT2D eigenvalue weighted by Crippen LogP contribution is -2.45. The van der Waals surface area contributed by atoms with Gasteiger partial charge in [-0.05, 0) is 68.0 Å². The second-order valence-electron chi connectivity index (χ2n) is 13.0. The van der Waals surface area contributed by atoms with E-state index in [0.29, 0.717) is 56.8 Å². The van der Waals surface area contributed by atoms with Crippen molar-refractivity contribution in [1.82, 2.24) is 20.1 Å². The molecule has 0 spiro atoms. The summed E-state index contributed by atoms with van der Waals surface area (Å²) >= 11 is 0. The summed E-state index contributed by atoms with van der Waals surface area (Å²) in [6, 6.07) is -0.627. The summed E-state index contributed by atoms with van der Waals surface area (Å²) < 4.78 is 48.8. The minimum Gasteiger partial charge on any atom is -0.449 e. The van der Waals surface area contributed by atoms with Crippen LogP contribution < -0.4 is 20.1 Å². The van der Waals surface area contributed by atoms with Crippen LogP contribution in [0.25, 0.3) is 0 Å². The average molecular weight is 691 g/mol. The highest BCUT2D eigenvalue weighted by atomic mass is 32.2. The zero-order valence-electron chi connectivity index (χ0n) is 27.9. The Morgan fingerprint density at radius 3 is 2.30 bits per heavy atom. The third-order valence-corrected chi connectivity index (χ3v) is 13.4. The molecule has 46 heavy (non-hydrogen) atoms. The molecule has 1 fully saturated rings. The highest BCUT2D eigenvalue weighted by molar-refractivity contribution is 7.88. The molecule has 1 saturated carbocycles. The Labute approximate surface area is 275 Å². The van der Waals surface area contributed by atoms with Crippen LogP contribution in [0.3, 0.4) is 0 Å². The number of hydrogen-bond donors (Lipinski definition) is 5. The number of ether oxygens (including phenoxy) is 4. The van der Waals surface area contributed by atoms with Gasteiger partial charge in [0.1, 0.15) is 6.61 Å². The zero-order chi connectivity index (χ0) is 34.2. The zero-order valence-corrected chi connectivity index (χ0v) is 29.8. The quantitative estimate of drug-likeness (QED) is 0.0679. The molecule has 0 aromatic heterocycles. The fraction of sp³-hybridized carbons (Fsp3) is 0.833. The van der Waals surface area contributed by atoms with Crippen molar-refractivity contribution in [1.29, 1.82) is 0 Å². The summed E-state index contributed by atoms with van der Waals surface area (Å²) in [7, 11) is -5.22. The van der Waals surface area contributed by atoms with E-state index in [1.807, 2.05) is 26.9 Å². The molecule has 5 N–H and O–H groups in total. The Morgan fingerprint density at radius 2 is 1.67 bits per heavy atom. The van der Waals surface area contributed by atoms with Crippen molar-refractivity contribution in [3.05, 3.63) is 0 Å². The summed E-state index contributed by atoms with van der Waals surface area (Å²) in [4.78, 5) is 47.8. The topological polar surface area (TPSA) is 191 Å². The fourth-order valence-corrected chi connectivity index (χ4v) is 6.59. The maximum Gasteiger partial charge on any atom is 0.421 e. The van der Waals surface area contributed by atoms with E-state index < -0.39 is 41.8 Å². The molecule has 2 aliphatic rings. The van der Waals surface area contributed by atoms with E-state index in [-0.39, 0.29) is 38.6 Å². The molecule has 4 atom stereocenters. The number of carbonyl (C=O) groups is 3. The van der Waals surface area contributed by atoms with Gasteiger partial charge in [-0.15, -0.1) is 11.8 Å². The van der Waals surface area contributed by atoms with Gasteiger partial charge in [-0.25, -0.2) is 14.3 Å². The molecule has 0 aromatic carbocycles. The van der Waals surface area contributed by atoms with Crippen LogP contribution in [0.15, 0.2) is 0 Å². The van der Waals surface area contributed by atoms with Crippen molar-refractivity contribution < 1.29 is 46.5 Å². The summed E-state index contributed by atoms with van der Waals surface area (Å²) in [5, 5.41) is 5.13. The molecule has 3 amide bonds. The molecule has 0 radical (unpaired) electrons. The molecule has 0 aliphatic heterocycles. The lowest BCUT2D eigenvalue weighted by molar-refractivity contribution is -0.122. The minimum absolute atomic E-state index is 0.0647. The summed E-state index contributed by atoms with van der Waals surface area (Å²) in [5.74, 6) is 7.59. The van der Waals surface area contributed by atoms with Gasteiger partial charge in [0, 0.05) is 39.5 Å². The number of rotatable bonds is 21. The first-order valence-corrected chi connectivity index (χ1v) is 20.5. The number of alkyl carbamates (subject to hydrolysis) is 1. The molecule has 0 aromatic rings. The smallest absolute Gasteiger partial charge is 0.421 e. The normalized spacial score (nSPS) is 20.1. The second kappa shape index (κ2) is 19.4. The number of amides is 3. The van der Waals surface area contributed by atoms with Gasteiger partial charge in [0.2, 0.25) is 5.91 Å². The van der Waals surface area contributed by atoms with Crippen LogP contribution in [-0.4, -0.2) is 98.9 Å². The SMILES string of the molecule is COCCOCCNS(=O)(=O)NC(=O)OC[C@H](CCC(C)(C)[Si](C)(C)O)NC(=O)CCCNC(=O)OCC1[C@H]2CCC#CCC[C@@H]12. The van der Waals surface area contributed by atoms with E-state index in [0.717, 1.165) is 25.7 Å². The molecular weight excluding hydrogens is 637 g/mol. The molecule has 2 aliphatic carbocycles. The predicted octanol–water partition coefficient (Wildman–Crippen LogP) is 2.40. The van der Waals surface area contributed by atoms with Crippen LogP contribution in [-0.2, 0) is 34.0 Å². The summed E-state index contributed by atoms with van der Waals surface area (Å²) in [6.45, 7) is 8.61. The third kappa shape index (κ3) is 15.4. The van der Waals surface area contributed by atoms with Crippen molar-refractivity contribution in [2.45, 2.75) is 89.4 Å². The van der Waals surface area contributed by atoms with E-state index in [2.05, 4.69) is 27.2 Å². The highest BCUT2D eigenvalue weighted by Gasteiger charge is 2.49. The maximum absolute atomic E-state index is 12.7. The van der Waals surface area contributed by atoms with Gasteiger partial charge in [0.25, 0.3) is 0 Å². The number of hydrogen-bond acceptors (Lipinski definition) is 10. The average Bonchev–Trinajstić information content (AvgIpc) is 3.60. The van der Waals surface area contributed by atoms with Crippen molar-refractivity contribution in [3.63, 3.8) is 0 Å². The standard InChI is InChI=1S/C30H54N4O10SSi/c1-30(2,46(4,5)40)15-14-23(21-43-29(37)34-45(38,39)32-17-18-42-20-19-41-3)33-27(35)13-10-16-31-28(36)44-22-26-24-11-8-6-7-9-12-25(24)26/h23-26,32,40H,8-22H2,1-5H3,(H,31,36)(H,33,35)(H,34,37)/t23-,24-,25+,26?/m0/s1. The van der Waals surface area contributed by atoms with Gasteiger partial charge in [0.15, 0.2) is 8.32 Å². The van der Waals surface area contributed by atoms with Gasteiger partial charge in [-0.1, -0.05) is 13.8 Å². The van der Waals surface area contributed by atoms with Crippen LogP contribution in [0.1, 0.15) is 65.2 Å². The number of nitrogens with one attached hydrogen (secondary N) is 4. The van der Waals surface area contributed by atoms with Crippen LogP contribution in [0.2, 0.25) is 18.1 Å². The molecule has 0 bridgehead atoms. The van der Waals surface area contributed by atoms with Gasteiger partial charge in [-0.2, -0.15) is 13.1 Å². The van der Waals surface area contributed by atoms with Crippen molar-refractivity contribution in [2.75, 3.05) is 53.2 Å². The fourth-order valence-electron chi connectivity index (χ4n) is 5.13. The van der Waals surface area contributed by atoms with Gasteiger partial charge < -0.3 is 34.4 Å². The van der Waals surface area contributed by atoms with Gasteiger partial charge in [-0.3, -0.25) is 4.79 Å². The van der Waals surface area contributed by atoms with E-state index in [1.165, 1.54) is 7.11 Å². The Hall–Kier alpha value is -2.42. The third-order valence-electron chi connectivity index (χ3n) is 8.84. The Kier molecular flexibility index (Phi) is 16.8. The van der Waals surface area contributed by atoms with Gasteiger partial charge in [0.05, 0.1) is 32.5 Å². The lowest BCUT2D eigenvalue weighted by Gasteiger charge is -2.36. The summed E-state index contributed by atoms with van der Waals surface area (Å²) in [6.07, 6.45) is 3.58. The van der Waals surface area contributed by atoms with E-state index in [4.69, 9.17) is 18.9 Å². The Bertz CT molecular complexity index is 1130. The molecule has 264 valence electrons. The van der Waals surface area contributed by atoms with Crippen LogP contribution in [0, 0.1) is 29.6 Å². The maximum atomic E-state index is 12.7. The molecule has 16 heteroatoms. The molecule has 14 nitrogen and oxygen atoms in total. The van der Waals surface area contributed by atoms with Crippen molar-refractivity contribution in [2.24, 2.45) is 17.8 Å². The second-order valence-corrected chi connectivity index (χ2v) is 19.0. The number of carbonyl (C=O) groups excluding carboxylic acids is 3. The largest absolute Gasteiger partial charge is 0.449 e. The van der Waals surface area contributed by atoms with Crippen molar-refractivity contribution >= 4 is 36.6 Å². The highest BCUT2D eigenvalue weighted by Crippen LogP contribution is 2.52. The van der Waals surface area contributed by atoms with Crippen LogP contribution >= 0.6 is 0 Å². The first-order chi connectivity index (χ1) is 21.6. The Balaban J connectivity index is 1.75. The Morgan fingerprint density at radius 1 is 1.00 bits per heavy atom. The number of methoxy groups -OCH3 is 1. The molecule has 0 heterocycles. The predicted molar refractivity (Wildman–Crippen MR) is 174 cm³/mol. The molecule has 2 rings (SSSR count). The van der Waals surface area contributed by atoms with E-state index >= 15 is 0 Å². The first-order valence-electron chi connectivity index (χ1n) is 16.0.